The fraction of sp³-hybridized carbons (Fsp3) is 0.0714. The normalized spacial score (nSPS) is 24.9. The molecule has 2 atom stereocenters. The van der Waals surface area contributed by atoms with Gasteiger partial charge in [0.05, 0.1) is 0 Å². The fourth-order valence-corrected chi connectivity index (χ4v) is 7.65. The second kappa shape index (κ2) is 11.6. The molecule has 232 valence electrons. The standard InChI is InChI=1S/C28H24O12S4/c29-41(30,31)25-19-27(43(35,36)37,15-11-21-7-3-1-4-8-21)17-13-23(25)24-14-18-28(44(38,39)40,20-26(24)42(32,33)34)16-12-22-9-5-2-6-10-22/h1-20H,(H,29,30,31)(H,32,33,34)(H,35,36,37)(H,38,39,40). The van der Waals surface area contributed by atoms with Gasteiger partial charge in [0, 0.05) is 11.1 Å². The van der Waals surface area contributed by atoms with Crippen molar-refractivity contribution < 1.29 is 51.9 Å². The Hall–Kier alpha value is -3.74. The lowest BCUT2D eigenvalue weighted by molar-refractivity contribution is 0.468. The summed E-state index contributed by atoms with van der Waals surface area (Å²) in [6, 6.07) is 16.1. The smallest absolute Gasteiger partial charge is 0.284 e. The second-order valence-corrected chi connectivity index (χ2v) is 15.7. The van der Waals surface area contributed by atoms with Crippen LogP contribution in [0.3, 0.4) is 0 Å². The van der Waals surface area contributed by atoms with Crippen molar-refractivity contribution in [2.45, 2.75) is 9.49 Å². The Balaban J connectivity index is 1.99. The summed E-state index contributed by atoms with van der Waals surface area (Å²) in [6.07, 6.45) is 8.39. The van der Waals surface area contributed by atoms with E-state index in [-0.39, 0.29) is 0 Å². The van der Waals surface area contributed by atoms with Gasteiger partial charge >= 0.3 is 0 Å². The summed E-state index contributed by atoms with van der Waals surface area (Å²) < 4.78 is 136. The predicted molar refractivity (Wildman–Crippen MR) is 164 cm³/mol. The van der Waals surface area contributed by atoms with Crippen molar-refractivity contribution in [1.29, 1.82) is 0 Å². The Kier molecular flexibility index (Phi) is 8.77. The van der Waals surface area contributed by atoms with Gasteiger partial charge in [-0.05, 0) is 23.3 Å². The molecular weight excluding hydrogens is 657 g/mol. The van der Waals surface area contributed by atoms with Crippen LogP contribution in [0.4, 0.5) is 0 Å². The fourth-order valence-electron chi connectivity index (χ4n) is 4.41. The predicted octanol–water partition coefficient (Wildman–Crippen LogP) is 3.65. The molecule has 0 amide bonds. The number of hydrogen-bond donors (Lipinski definition) is 4. The highest BCUT2D eigenvalue weighted by Crippen LogP contribution is 2.41. The first-order valence-electron chi connectivity index (χ1n) is 12.2. The largest absolute Gasteiger partial charge is 0.294 e. The van der Waals surface area contributed by atoms with E-state index >= 15 is 0 Å². The molecular formula is C28H24O12S4. The molecule has 4 rings (SSSR count). The van der Waals surface area contributed by atoms with Gasteiger partial charge in [-0.1, -0.05) is 109 Å². The summed E-state index contributed by atoms with van der Waals surface area (Å²) in [5.41, 5.74) is -0.467. The Morgan fingerprint density at radius 3 is 1.09 bits per heavy atom. The molecule has 0 spiro atoms. The second-order valence-electron chi connectivity index (χ2n) is 9.61. The SMILES string of the molecule is O=S(=O)(O)C1=CC(C=Cc2ccccc2)(S(=O)(=O)O)C=CC1=C1C=CC(C=Cc2ccccc2)(S(=O)(=O)O)C=C1S(=O)(=O)O. The summed E-state index contributed by atoms with van der Waals surface area (Å²) in [5, 5.41) is 0. The van der Waals surface area contributed by atoms with Gasteiger partial charge in [0.2, 0.25) is 0 Å². The summed E-state index contributed by atoms with van der Waals surface area (Å²) in [5.74, 6) is 0. The third-order valence-corrected chi connectivity index (χ3v) is 11.0. The zero-order valence-electron chi connectivity index (χ0n) is 22.2. The highest BCUT2D eigenvalue weighted by atomic mass is 32.2. The van der Waals surface area contributed by atoms with Gasteiger partial charge in [-0.2, -0.15) is 33.7 Å². The van der Waals surface area contributed by atoms with Crippen LogP contribution in [0.15, 0.2) is 130 Å². The van der Waals surface area contributed by atoms with Gasteiger partial charge in [0.15, 0.2) is 9.49 Å². The Bertz CT molecular complexity index is 1980. The Morgan fingerprint density at radius 1 is 0.500 bits per heavy atom. The van der Waals surface area contributed by atoms with Crippen LogP contribution in [-0.4, -0.2) is 61.4 Å². The van der Waals surface area contributed by atoms with E-state index in [1.54, 1.807) is 60.7 Å². The number of allylic oxidation sites excluding steroid dienone is 4. The lowest BCUT2D eigenvalue weighted by Crippen LogP contribution is -2.36. The number of hydrogen-bond acceptors (Lipinski definition) is 8. The van der Waals surface area contributed by atoms with Crippen LogP contribution in [0.5, 0.6) is 0 Å². The van der Waals surface area contributed by atoms with Crippen LogP contribution in [0.1, 0.15) is 11.1 Å². The Morgan fingerprint density at radius 2 is 0.818 bits per heavy atom. The van der Waals surface area contributed by atoms with E-state index in [4.69, 9.17) is 0 Å². The molecule has 0 heterocycles. The van der Waals surface area contributed by atoms with E-state index in [1.807, 2.05) is 0 Å². The van der Waals surface area contributed by atoms with Crippen LogP contribution in [0.25, 0.3) is 12.2 Å². The van der Waals surface area contributed by atoms with Crippen molar-refractivity contribution in [3.8, 4) is 0 Å². The lowest BCUT2D eigenvalue weighted by Gasteiger charge is -2.29. The zero-order valence-corrected chi connectivity index (χ0v) is 25.5. The van der Waals surface area contributed by atoms with E-state index in [2.05, 4.69) is 0 Å². The summed E-state index contributed by atoms with van der Waals surface area (Å²) in [4.78, 5) is -2.38. The van der Waals surface area contributed by atoms with Gasteiger partial charge in [-0.25, -0.2) is 0 Å². The molecule has 2 aromatic rings. The van der Waals surface area contributed by atoms with E-state index in [9.17, 15) is 51.9 Å². The minimum atomic E-state index is -5.39. The van der Waals surface area contributed by atoms with Gasteiger partial charge in [0.1, 0.15) is 9.81 Å². The topological polar surface area (TPSA) is 217 Å². The molecule has 0 radical (unpaired) electrons. The van der Waals surface area contributed by atoms with Crippen molar-refractivity contribution in [2.24, 2.45) is 0 Å². The average Bonchev–Trinajstić information content (AvgIpc) is 2.94. The van der Waals surface area contributed by atoms with E-state index in [1.165, 1.54) is 12.2 Å². The van der Waals surface area contributed by atoms with Gasteiger partial charge in [0.25, 0.3) is 40.5 Å². The van der Waals surface area contributed by atoms with Gasteiger partial charge in [-0.15, -0.1) is 0 Å². The van der Waals surface area contributed by atoms with Crippen LogP contribution >= 0.6 is 0 Å². The first-order chi connectivity index (χ1) is 20.3. The third kappa shape index (κ3) is 6.82. The molecule has 0 aromatic heterocycles. The van der Waals surface area contributed by atoms with Crippen LogP contribution in [-0.2, 0) is 40.5 Å². The minimum Gasteiger partial charge on any atom is -0.284 e. The molecule has 2 aromatic carbocycles. The molecule has 16 heteroatoms. The maximum Gasteiger partial charge on any atom is 0.294 e. The molecule has 4 N–H and O–H groups in total. The molecule has 0 aliphatic heterocycles. The number of rotatable bonds is 8. The van der Waals surface area contributed by atoms with Crippen LogP contribution in [0.2, 0.25) is 0 Å². The zero-order chi connectivity index (χ0) is 32.6. The molecule has 0 saturated carbocycles. The first-order valence-corrected chi connectivity index (χ1v) is 18.0. The van der Waals surface area contributed by atoms with Gasteiger partial charge < -0.3 is 0 Å². The van der Waals surface area contributed by atoms with E-state index in [0.717, 1.165) is 36.5 Å². The molecule has 0 saturated heterocycles. The Labute approximate surface area is 254 Å². The quantitative estimate of drug-likeness (QED) is 0.294. The van der Waals surface area contributed by atoms with Crippen molar-refractivity contribution in [2.75, 3.05) is 0 Å². The maximum absolute atomic E-state index is 12.5. The van der Waals surface area contributed by atoms with Gasteiger partial charge in [-0.3, -0.25) is 18.2 Å². The van der Waals surface area contributed by atoms with Crippen molar-refractivity contribution >= 4 is 52.6 Å². The summed E-state index contributed by atoms with van der Waals surface area (Å²) in [6.45, 7) is 0. The molecule has 12 nitrogen and oxygen atoms in total. The maximum atomic E-state index is 12.5. The highest BCUT2D eigenvalue weighted by molar-refractivity contribution is 7.91. The average molecular weight is 681 g/mol. The molecule has 2 unspecified atom stereocenters. The minimum absolute atomic E-state index is 0.451. The van der Waals surface area contributed by atoms with Crippen molar-refractivity contribution in [3.05, 3.63) is 141 Å². The highest BCUT2D eigenvalue weighted by Gasteiger charge is 2.45. The van der Waals surface area contributed by atoms with E-state index in [0.29, 0.717) is 23.3 Å². The molecule has 0 fully saturated rings. The summed E-state index contributed by atoms with van der Waals surface area (Å²) >= 11 is 0. The van der Waals surface area contributed by atoms with Crippen molar-refractivity contribution in [3.63, 3.8) is 0 Å². The van der Waals surface area contributed by atoms with Crippen LogP contribution in [0, 0.1) is 0 Å². The first kappa shape index (κ1) is 33.2. The molecule has 2 aliphatic rings. The summed E-state index contributed by atoms with van der Waals surface area (Å²) in [7, 11) is -21.2. The number of benzene rings is 2. The van der Waals surface area contributed by atoms with Crippen molar-refractivity contribution in [1.82, 2.24) is 0 Å². The molecule has 0 bridgehead atoms. The lowest BCUT2D eigenvalue weighted by atomic mass is 9.90. The monoisotopic (exact) mass is 680 g/mol. The molecule has 2 aliphatic carbocycles. The molecule has 44 heavy (non-hydrogen) atoms. The van der Waals surface area contributed by atoms with E-state index < -0.39 is 70.9 Å². The van der Waals surface area contributed by atoms with Crippen LogP contribution < -0.4 is 0 Å². The third-order valence-electron chi connectivity index (χ3n) is 6.68.